The highest BCUT2D eigenvalue weighted by atomic mass is 16.3. The van der Waals surface area contributed by atoms with Crippen LogP contribution in [0.2, 0.25) is 0 Å². The van der Waals surface area contributed by atoms with Gasteiger partial charge in [-0.3, -0.25) is 4.79 Å². The predicted molar refractivity (Wildman–Crippen MR) is 132 cm³/mol. The number of nitrogens with zero attached hydrogens (tertiary/aromatic N) is 1. The lowest BCUT2D eigenvalue weighted by Crippen LogP contribution is -2.64. The number of hydrogen-bond acceptors (Lipinski definition) is 4. The molecule has 5 nitrogen and oxygen atoms in total. The third-order valence-electron chi connectivity index (χ3n) is 10.6. The van der Waals surface area contributed by atoms with Crippen LogP contribution in [0.3, 0.4) is 0 Å². The van der Waals surface area contributed by atoms with Crippen molar-refractivity contribution in [1.82, 2.24) is 0 Å². The van der Waals surface area contributed by atoms with E-state index in [0.29, 0.717) is 30.1 Å². The minimum absolute atomic E-state index is 0.163. The van der Waals surface area contributed by atoms with Crippen molar-refractivity contribution in [2.24, 2.45) is 45.4 Å². The van der Waals surface area contributed by atoms with Crippen LogP contribution in [0, 0.1) is 39.4 Å². The molecule has 33 heavy (non-hydrogen) atoms. The van der Waals surface area contributed by atoms with Gasteiger partial charge in [0.05, 0.1) is 6.10 Å². The maximum absolute atomic E-state index is 11.2. The first-order valence-electron chi connectivity index (χ1n) is 13.3. The van der Waals surface area contributed by atoms with Gasteiger partial charge in [0.1, 0.15) is 0 Å². The number of unbranched alkanes of at least 4 members (excludes halogenated alkanes) is 1. The molecule has 0 aromatic rings. The summed E-state index contributed by atoms with van der Waals surface area (Å²) >= 11 is 0. The molecule has 0 aliphatic heterocycles. The number of carbonyl (C=O) groups excluding carboxylic acids is 1. The number of nitroso groups, excluding NO2 is 1. The van der Waals surface area contributed by atoms with Crippen molar-refractivity contribution in [3.8, 4) is 0 Å². The number of fused-ring (bicyclic) bond motifs is 5. The van der Waals surface area contributed by atoms with Crippen LogP contribution in [-0.2, 0) is 4.79 Å². The molecule has 5 unspecified atom stereocenters. The Balaban J connectivity index is 1.55. The minimum atomic E-state index is -0.545. The lowest BCUT2D eigenvalue weighted by molar-refractivity contribution is -0.118. The first-order valence-corrected chi connectivity index (χ1v) is 13.3. The van der Waals surface area contributed by atoms with E-state index in [9.17, 15) is 14.8 Å². The number of hydrogen-bond donors (Lipinski definition) is 2. The summed E-state index contributed by atoms with van der Waals surface area (Å²) in [5.41, 5.74) is 9.16. The smallest absolute Gasteiger partial charge is 0.286 e. The third-order valence-corrected chi connectivity index (χ3v) is 10.6. The summed E-state index contributed by atoms with van der Waals surface area (Å²) in [4.78, 5) is 21.5. The monoisotopic (exact) mass is 456 g/mol. The zero-order chi connectivity index (χ0) is 23.9. The topological polar surface area (TPSA) is 92.8 Å². The molecular formula is C28H44N2O3. The van der Waals surface area contributed by atoms with Crippen molar-refractivity contribution < 1.29 is 9.90 Å². The predicted octanol–water partition coefficient (Wildman–Crippen LogP) is 6.05. The Morgan fingerprint density at radius 2 is 1.82 bits per heavy atom. The van der Waals surface area contributed by atoms with Gasteiger partial charge in [-0.05, 0) is 112 Å². The van der Waals surface area contributed by atoms with Gasteiger partial charge >= 0.3 is 0 Å². The summed E-state index contributed by atoms with van der Waals surface area (Å²) in [5.74, 6) is 1.52. The van der Waals surface area contributed by atoms with Crippen molar-refractivity contribution >= 4 is 5.91 Å². The minimum Gasteiger partial charge on any atom is -0.393 e. The lowest BCUT2D eigenvalue weighted by Gasteiger charge is -2.60. The molecule has 0 saturated heterocycles. The number of amides is 1. The summed E-state index contributed by atoms with van der Waals surface area (Å²) < 4.78 is 0. The molecule has 4 rings (SSSR count). The van der Waals surface area contributed by atoms with Crippen LogP contribution in [0.15, 0.2) is 29.0 Å². The molecule has 184 valence electrons. The van der Waals surface area contributed by atoms with Gasteiger partial charge in [0.2, 0.25) is 0 Å². The molecule has 8 atom stereocenters. The van der Waals surface area contributed by atoms with E-state index in [-0.39, 0.29) is 28.9 Å². The molecule has 3 N–H and O–H groups in total. The number of allylic oxidation sites excluding steroid dienone is 3. The molecule has 0 aromatic heterocycles. The second-order valence-electron chi connectivity index (χ2n) is 12.2. The summed E-state index contributed by atoms with van der Waals surface area (Å²) in [5, 5.41) is 12.9. The van der Waals surface area contributed by atoms with E-state index in [1.54, 1.807) is 0 Å². The third kappa shape index (κ3) is 4.29. The van der Waals surface area contributed by atoms with E-state index in [1.807, 2.05) is 0 Å². The van der Waals surface area contributed by atoms with Gasteiger partial charge in [-0.15, -0.1) is 4.91 Å². The van der Waals surface area contributed by atoms with Gasteiger partial charge in [-0.2, -0.15) is 0 Å². The fourth-order valence-electron chi connectivity index (χ4n) is 8.87. The van der Waals surface area contributed by atoms with Gasteiger partial charge in [-0.1, -0.05) is 37.6 Å². The lowest BCUT2D eigenvalue weighted by atomic mass is 9.47. The summed E-state index contributed by atoms with van der Waals surface area (Å²) in [6.45, 7) is 7.22. The Labute approximate surface area is 199 Å². The second-order valence-corrected chi connectivity index (χ2v) is 12.2. The molecule has 0 aromatic carbocycles. The van der Waals surface area contributed by atoms with E-state index >= 15 is 0 Å². The first-order chi connectivity index (χ1) is 15.6. The molecule has 0 heterocycles. The van der Waals surface area contributed by atoms with Crippen molar-refractivity contribution in [2.75, 3.05) is 0 Å². The zero-order valence-electron chi connectivity index (χ0n) is 20.9. The van der Waals surface area contributed by atoms with Gasteiger partial charge in [0.15, 0.2) is 0 Å². The van der Waals surface area contributed by atoms with Gasteiger partial charge in [-0.25, -0.2) is 0 Å². The molecule has 0 bridgehead atoms. The number of rotatable bonds is 5. The highest BCUT2D eigenvalue weighted by Gasteiger charge is 2.63. The Morgan fingerprint density at radius 1 is 1.09 bits per heavy atom. The average molecular weight is 457 g/mol. The van der Waals surface area contributed by atoms with Crippen LogP contribution in [0.5, 0.6) is 0 Å². The second kappa shape index (κ2) is 9.37. The van der Waals surface area contributed by atoms with Gasteiger partial charge < -0.3 is 10.8 Å². The maximum atomic E-state index is 11.2. The van der Waals surface area contributed by atoms with Crippen LogP contribution in [0.1, 0.15) is 97.8 Å². The molecule has 3 saturated carbocycles. The number of aliphatic hydroxyl groups excluding tert-OH is 1. The standard InChI is InChI=1S/C28H44N2O3/c1-19(7-4-5-9-25(32)30-33)22-12-13-23-27(22,3)18-15-24-26(2)17-14-21(31)11-10-20(26)8-6-16-28(23,24)29/h6-8,20-24,31H,4-5,9-18,29H2,1-3H3/b19-7+/t20?,21-,22?,23?,24?,26?,27-,28-/m1/s1. The first kappa shape index (κ1) is 24.8. The maximum Gasteiger partial charge on any atom is 0.286 e. The van der Waals surface area contributed by atoms with E-state index in [1.165, 1.54) is 31.3 Å². The van der Waals surface area contributed by atoms with Crippen LogP contribution in [-0.4, -0.2) is 22.7 Å². The Hall–Kier alpha value is -1.33. The molecule has 4 aliphatic carbocycles. The van der Waals surface area contributed by atoms with E-state index < -0.39 is 5.91 Å². The fourth-order valence-corrected chi connectivity index (χ4v) is 8.87. The molecule has 3 fully saturated rings. The van der Waals surface area contributed by atoms with Crippen molar-refractivity contribution in [1.29, 1.82) is 0 Å². The van der Waals surface area contributed by atoms with Crippen molar-refractivity contribution in [3.63, 3.8) is 0 Å². The Kier molecular flexibility index (Phi) is 7.04. The summed E-state index contributed by atoms with van der Waals surface area (Å²) in [6, 6.07) is 0. The van der Waals surface area contributed by atoms with Crippen LogP contribution in [0.4, 0.5) is 0 Å². The number of carbonyl (C=O) groups is 1. The van der Waals surface area contributed by atoms with Crippen molar-refractivity contribution in [2.45, 2.75) is 109 Å². The molecular weight excluding hydrogens is 412 g/mol. The summed E-state index contributed by atoms with van der Waals surface area (Å²) in [6.07, 6.45) is 18.4. The van der Waals surface area contributed by atoms with E-state index in [4.69, 9.17) is 5.73 Å². The highest BCUT2D eigenvalue weighted by molar-refractivity contribution is 5.76. The normalized spacial score (nSPS) is 45.4. The van der Waals surface area contributed by atoms with Gasteiger partial charge in [0.25, 0.3) is 5.91 Å². The van der Waals surface area contributed by atoms with Crippen LogP contribution < -0.4 is 5.73 Å². The highest BCUT2D eigenvalue weighted by Crippen LogP contribution is 2.67. The number of aliphatic hydroxyl groups is 1. The van der Waals surface area contributed by atoms with Crippen molar-refractivity contribution in [3.05, 3.63) is 28.7 Å². The fraction of sp³-hybridized carbons (Fsp3) is 0.821. The molecule has 0 spiro atoms. The molecule has 0 radical (unpaired) electrons. The van der Waals surface area contributed by atoms with E-state index in [2.05, 4.69) is 44.2 Å². The van der Waals surface area contributed by atoms with E-state index in [0.717, 1.165) is 38.5 Å². The Bertz CT molecular complexity index is 822. The van der Waals surface area contributed by atoms with Crippen LogP contribution in [0.25, 0.3) is 0 Å². The SMILES string of the molecule is C/C(=C\CCCC(=O)N=O)C1CCC2[C@]1(C)CCC1C3(C)CC[C@H](O)CCC3C=CC[C@]12N. The Morgan fingerprint density at radius 3 is 2.58 bits per heavy atom. The number of nitrogens with two attached hydrogens (primary N) is 1. The largest absolute Gasteiger partial charge is 0.393 e. The van der Waals surface area contributed by atoms with Gasteiger partial charge in [0, 0.05) is 17.1 Å². The molecule has 1 amide bonds. The average Bonchev–Trinajstić information content (AvgIpc) is 3.02. The summed E-state index contributed by atoms with van der Waals surface area (Å²) in [7, 11) is 0. The molecule has 4 aliphatic rings. The quantitative estimate of drug-likeness (QED) is 0.299. The zero-order valence-corrected chi connectivity index (χ0v) is 20.9. The van der Waals surface area contributed by atoms with Crippen LogP contribution >= 0.6 is 0 Å². The molecule has 5 heteroatoms.